The number of rotatable bonds is 1. The molecule has 13 heavy (non-hydrogen) atoms. The highest BCUT2D eigenvalue weighted by molar-refractivity contribution is 9.10. The van der Waals surface area contributed by atoms with Crippen LogP contribution in [0.1, 0.15) is 0 Å². The van der Waals surface area contributed by atoms with Crippen molar-refractivity contribution in [3.05, 3.63) is 33.6 Å². The van der Waals surface area contributed by atoms with E-state index in [4.69, 9.17) is 5.73 Å². The van der Waals surface area contributed by atoms with Gasteiger partial charge >= 0.3 is 0 Å². The van der Waals surface area contributed by atoms with Crippen molar-refractivity contribution in [1.82, 2.24) is 4.98 Å². The average molecular weight is 255 g/mol. The van der Waals surface area contributed by atoms with Crippen molar-refractivity contribution in [2.75, 3.05) is 5.73 Å². The molecule has 0 saturated heterocycles. The largest absolute Gasteiger partial charge is 0.383 e. The molecule has 0 radical (unpaired) electrons. The zero-order valence-corrected chi connectivity index (χ0v) is 9.10. The molecule has 0 fully saturated rings. The number of thiophene rings is 1. The molecular weight excluding hydrogens is 248 g/mol. The van der Waals surface area contributed by atoms with E-state index >= 15 is 0 Å². The molecule has 0 atom stereocenters. The molecule has 0 aliphatic rings. The summed E-state index contributed by atoms with van der Waals surface area (Å²) in [5, 5.41) is 4.08. The Balaban J connectivity index is 2.59. The molecule has 2 nitrogen and oxygen atoms in total. The van der Waals surface area contributed by atoms with Crippen molar-refractivity contribution < 1.29 is 0 Å². The molecule has 0 amide bonds. The first-order valence-electron chi connectivity index (χ1n) is 3.71. The van der Waals surface area contributed by atoms with Crippen LogP contribution in [0.25, 0.3) is 11.1 Å². The molecule has 66 valence electrons. The zero-order chi connectivity index (χ0) is 9.26. The molecule has 0 saturated carbocycles. The van der Waals surface area contributed by atoms with Gasteiger partial charge in [0.2, 0.25) is 0 Å². The number of nitrogens with zero attached hydrogens (tertiary/aromatic N) is 1. The first-order valence-corrected chi connectivity index (χ1v) is 5.45. The summed E-state index contributed by atoms with van der Waals surface area (Å²) < 4.78 is 1.07. The van der Waals surface area contributed by atoms with Crippen LogP contribution in [0, 0.1) is 0 Å². The monoisotopic (exact) mass is 254 g/mol. The van der Waals surface area contributed by atoms with Gasteiger partial charge in [-0.1, -0.05) is 0 Å². The zero-order valence-electron chi connectivity index (χ0n) is 6.70. The highest BCUT2D eigenvalue weighted by Gasteiger charge is 2.06. The molecule has 0 aromatic carbocycles. The first kappa shape index (κ1) is 8.72. The fourth-order valence-electron chi connectivity index (χ4n) is 1.12. The predicted octanol–water partition coefficient (Wildman–Crippen LogP) is 3.15. The average Bonchev–Trinajstić information content (AvgIpc) is 2.52. The highest BCUT2D eigenvalue weighted by atomic mass is 79.9. The first-order chi connectivity index (χ1) is 6.29. The Labute approximate surface area is 88.6 Å². The van der Waals surface area contributed by atoms with Crippen LogP contribution in [-0.4, -0.2) is 4.98 Å². The maximum Gasteiger partial charge on any atom is 0.131 e. The van der Waals surface area contributed by atoms with Crippen molar-refractivity contribution in [2.45, 2.75) is 0 Å². The van der Waals surface area contributed by atoms with Crippen LogP contribution < -0.4 is 5.73 Å². The quantitative estimate of drug-likeness (QED) is 0.850. The van der Waals surface area contributed by atoms with Crippen molar-refractivity contribution in [3.8, 4) is 11.1 Å². The van der Waals surface area contributed by atoms with Gasteiger partial charge in [0.25, 0.3) is 0 Å². The fraction of sp³-hybridized carbons (Fsp3) is 0. The Bertz CT molecular complexity index is 425. The van der Waals surface area contributed by atoms with E-state index in [9.17, 15) is 0 Å². The number of aromatic nitrogens is 1. The van der Waals surface area contributed by atoms with Gasteiger partial charge in [0.15, 0.2) is 0 Å². The van der Waals surface area contributed by atoms with E-state index in [0.717, 1.165) is 15.6 Å². The minimum absolute atomic E-state index is 0.571. The maximum absolute atomic E-state index is 5.75. The number of hydrogen-bond donors (Lipinski definition) is 1. The molecule has 0 unspecified atom stereocenters. The van der Waals surface area contributed by atoms with Gasteiger partial charge in [-0.15, -0.1) is 0 Å². The number of hydrogen-bond acceptors (Lipinski definition) is 3. The summed E-state index contributed by atoms with van der Waals surface area (Å²) in [4.78, 5) is 4.04. The summed E-state index contributed by atoms with van der Waals surface area (Å²) in [7, 11) is 0. The lowest BCUT2D eigenvalue weighted by Gasteiger charge is -2.01. The van der Waals surface area contributed by atoms with Crippen molar-refractivity contribution >= 4 is 33.1 Å². The van der Waals surface area contributed by atoms with Crippen LogP contribution in [0.4, 0.5) is 5.82 Å². The molecule has 2 N–H and O–H groups in total. The predicted molar refractivity (Wildman–Crippen MR) is 59.7 cm³/mol. The van der Waals surface area contributed by atoms with Crippen LogP contribution in [0.3, 0.4) is 0 Å². The number of pyridine rings is 1. The second kappa shape index (κ2) is 3.47. The van der Waals surface area contributed by atoms with Gasteiger partial charge in [-0.25, -0.2) is 4.98 Å². The summed E-state index contributed by atoms with van der Waals surface area (Å²) >= 11 is 5.10. The summed E-state index contributed by atoms with van der Waals surface area (Å²) in [5.41, 5.74) is 7.84. The standard InChI is InChI=1S/C9H7BrN2S/c10-8-5-13-4-7(8)6-2-1-3-12-9(6)11/h1-5H,(H2,11,12). The molecule has 0 aliphatic carbocycles. The van der Waals surface area contributed by atoms with Gasteiger partial charge in [-0.2, -0.15) is 11.3 Å². The highest BCUT2D eigenvalue weighted by Crippen LogP contribution is 2.33. The van der Waals surface area contributed by atoms with Gasteiger partial charge in [0.05, 0.1) is 0 Å². The molecule has 0 bridgehead atoms. The maximum atomic E-state index is 5.75. The van der Waals surface area contributed by atoms with Crippen LogP contribution in [-0.2, 0) is 0 Å². The van der Waals surface area contributed by atoms with Gasteiger partial charge in [-0.05, 0) is 33.4 Å². The molecule has 2 rings (SSSR count). The number of anilines is 1. The van der Waals surface area contributed by atoms with Crippen molar-refractivity contribution in [3.63, 3.8) is 0 Å². The van der Waals surface area contributed by atoms with Gasteiger partial charge in [0, 0.05) is 27.2 Å². The van der Waals surface area contributed by atoms with E-state index in [2.05, 4.69) is 26.3 Å². The van der Waals surface area contributed by atoms with Gasteiger partial charge < -0.3 is 5.73 Å². The van der Waals surface area contributed by atoms with Crippen LogP contribution >= 0.6 is 27.3 Å². The van der Waals surface area contributed by atoms with Gasteiger partial charge in [0.1, 0.15) is 5.82 Å². The Kier molecular flexibility index (Phi) is 2.33. The number of nitrogen functional groups attached to an aromatic ring is 1. The lowest BCUT2D eigenvalue weighted by atomic mass is 10.1. The third-order valence-electron chi connectivity index (χ3n) is 1.74. The molecule has 0 spiro atoms. The smallest absolute Gasteiger partial charge is 0.131 e. The Morgan fingerprint density at radius 2 is 2.15 bits per heavy atom. The van der Waals surface area contributed by atoms with E-state index in [1.54, 1.807) is 17.5 Å². The molecular formula is C9H7BrN2S. The summed E-state index contributed by atoms with van der Waals surface area (Å²) in [6, 6.07) is 3.85. The van der Waals surface area contributed by atoms with E-state index in [0.29, 0.717) is 5.82 Å². The van der Waals surface area contributed by atoms with E-state index in [-0.39, 0.29) is 0 Å². The Hall–Kier alpha value is -0.870. The lowest BCUT2D eigenvalue weighted by molar-refractivity contribution is 1.34. The molecule has 0 aliphatic heterocycles. The number of nitrogens with two attached hydrogens (primary N) is 1. The summed E-state index contributed by atoms with van der Waals surface area (Å²) in [6.07, 6.45) is 1.69. The van der Waals surface area contributed by atoms with E-state index < -0.39 is 0 Å². The van der Waals surface area contributed by atoms with Crippen LogP contribution in [0.2, 0.25) is 0 Å². The van der Waals surface area contributed by atoms with E-state index in [1.165, 1.54) is 0 Å². The molecule has 4 heteroatoms. The van der Waals surface area contributed by atoms with E-state index in [1.807, 2.05) is 17.5 Å². The Morgan fingerprint density at radius 1 is 1.31 bits per heavy atom. The third kappa shape index (κ3) is 1.59. The van der Waals surface area contributed by atoms with Crippen molar-refractivity contribution in [1.29, 1.82) is 0 Å². The second-order valence-corrected chi connectivity index (χ2v) is 4.17. The minimum Gasteiger partial charge on any atom is -0.383 e. The lowest BCUT2D eigenvalue weighted by Crippen LogP contribution is -1.92. The SMILES string of the molecule is Nc1ncccc1-c1cscc1Br. The number of halogens is 1. The normalized spacial score (nSPS) is 10.2. The summed E-state index contributed by atoms with van der Waals surface area (Å²) in [6.45, 7) is 0. The fourth-order valence-corrected chi connectivity index (χ4v) is 2.63. The molecule has 2 heterocycles. The summed E-state index contributed by atoms with van der Waals surface area (Å²) in [5.74, 6) is 0.571. The van der Waals surface area contributed by atoms with Gasteiger partial charge in [-0.3, -0.25) is 0 Å². The van der Waals surface area contributed by atoms with Crippen LogP contribution in [0.15, 0.2) is 33.6 Å². The topological polar surface area (TPSA) is 38.9 Å². The molecule has 2 aromatic rings. The van der Waals surface area contributed by atoms with Crippen LogP contribution in [0.5, 0.6) is 0 Å². The second-order valence-electron chi connectivity index (χ2n) is 2.57. The van der Waals surface area contributed by atoms with Crippen molar-refractivity contribution in [2.24, 2.45) is 0 Å². The molecule has 2 aromatic heterocycles. The Morgan fingerprint density at radius 3 is 2.77 bits per heavy atom. The minimum atomic E-state index is 0.571. The third-order valence-corrected chi connectivity index (χ3v) is 3.45.